The maximum atomic E-state index is 11.7. The third-order valence-corrected chi connectivity index (χ3v) is 3.46. The van der Waals surface area contributed by atoms with E-state index in [9.17, 15) is 4.79 Å². The van der Waals surface area contributed by atoms with Gasteiger partial charge in [0.1, 0.15) is 5.01 Å². The summed E-state index contributed by atoms with van der Waals surface area (Å²) in [5.74, 6) is 0. The summed E-state index contributed by atoms with van der Waals surface area (Å²) in [6, 6.07) is 6.45. The number of carbonyl (C=O) groups excluding carboxylic acids is 1. The van der Waals surface area contributed by atoms with E-state index in [0.29, 0.717) is 28.9 Å². The highest BCUT2D eigenvalue weighted by Crippen LogP contribution is 2.17. The first-order valence-corrected chi connectivity index (χ1v) is 7.01. The summed E-state index contributed by atoms with van der Waals surface area (Å²) in [5.41, 5.74) is 0.649. The summed E-state index contributed by atoms with van der Waals surface area (Å²) in [6.45, 7) is 0.575. The van der Waals surface area contributed by atoms with E-state index >= 15 is 0 Å². The minimum Gasteiger partial charge on any atom is -0.384 e. The van der Waals surface area contributed by atoms with Crippen LogP contribution in [0.4, 0.5) is 15.6 Å². The van der Waals surface area contributed by atoms with Crippen molar-refractivity contribution in [2.45, 2.75) is 6.42 Å². The molecule has 1 heterocycles. The average molecular weight is 313 g/mol. The van der Waals surface area contributed by atoms with Crippen LogP contribution in [0.3, 0.4) is 0 Å². The number of nitrogens with one attached hydrogen (secondary N) is 2. The number of amides is 2. The molecule has 0 saturated carbocycles. The van der Waals surface area contributed by atoms with E-state index in [0.717, 1.165) is 5.01 Å². The van der Waals surface area contributed by atoms with Gasteiger partial charge in [-0.2, -0.15) is 0 Å². The average Bonchev–Trinajstić information content (AvgIpc) is 2.86. The van der Waals surface area contributed by atoms with E-state index in [2.05, 4.69) is 20.8 Å². The molecule has 8 heteroatoms. The van der Waals surface area contributed by atoms with E-state index < -0.39 is 0 Å². The minimum absolute atomic E-state index is 0.373. The smallest absolute Gasteiger partial charge is 0.325 e. The number of carbonyl (C=O) groups is 1. The van der Waals surface area contributed by atoms with Crippen LogP contribution < -0.4 is 10.6 Å². The number of hydrogen-bond acceptors (Lipinski definition) is 5. The Bertz CT molecular complexity index is 573. The highest BCUT2D eigenvalue weighted by Gasteiger charge is 2.08. The number of nitrogens with zero attached hydrogens (tertiary/aromatic N) is 2. The normalized spacial score (nSPS) is 10.3. The molecule has 2 amide bonds. The number of rotatable bonds is 5. The number of hydrogen-bond donors (Lipinski definition) is 2. The Kier molecular flexibility index (Phi) is 5.28. The quantitative estimate of drug-likeness (QED) is 0.889. The Hall–Kier alpha value is -1.70. The molecule has 2 aromatic rings. The maximum absolute atomic E-state index is 11.7. The van der Waals surface area contributed by atoms with Gasteiger partial charge in [0.05, 0.1) is 6.61 Å². The van der Waals surface area contributed by atoms with Crippen molar-refractivity contribution in [2.24, 2.45) is 0 Å². The fraction of sp³-hybridized carbons (Fsp3) is 0.250. The molecular formula is C12H13ClN4O2S. The van der Waals surface area contributed by atoms with Crippen molar-refractivity contribution >= 4 is 39.8 Å². The topological polar surface area (TPSA) is 76.1 Å². The molecule has 0 fully saturated rings. The monoisotopic (exact) mass is 312 g/mol. The molecule has 0 aliphatic heterocycles. The lowest BCUT2D eigenvalue weighted by atomic mass is 10.3. The lowest BCUT2D eigenvalue weighted by Gasteiger charge is -2.04. The highest BCUT2D eigenvalue weighted by atomic mass is 35.5. The molecule has 106 valence electrons. The summed E-state index contributed by atoms with van der Waals surface area (Å²) in [5, 5.41) is 15.0. The highest BCUT2D eigenvalue weighted by molar-refractivity contribution is 7.15. The minimum atomic E-state index is -0.373. The fourth-order valence-electron chi connectivity index (χ4n) is 1.39. The number of methoxy groups -OCH3 is 1. The summed E-state index contributed by atoms with van der Waals surface area (Å²) < 4.78 is 4.95. The summed E-state index contributed by atoms with van der Waals surface area (Å²) in [7, 11) is 1.62. The number of ether oxygens (including phenoxy) is 1. The number of benzene rings is 1. The largest absolute Gasteiger partial charge is 0.384 e. The van der Waals surface area contributed by atoms with Crippen molar-refractivity contribution in [3.05, 3.63) is 34.3 Å². The number of halogens is 1. The van der Waals surface area contributed by atoms with Crippen molar-refractivity contribution in [2.75, 3.05) is 24.4 Å². The van der Waals surface area contributed by atoms with Gasteiger partial charge in [0.2, 0.25) is 5.13 Å². The lowest BCUT2D eigenvalue weighted by Crippen LogP contribution is -2.19. The molecule has 0 unspecified atom stereocenters. The van der Waals surface area contributed by atoms with Gasteiger partial charge >= 0.3 is 6.03 Å². The molecule has 1 aromatic carbocycles. The fourth-order valence-corrected chi connectivity index (χ4v) is 2.23. The molecule has 0 bridgehead atoms. The predicted molar refractivity (Wildman–Crippen MR) is 79.6 cm³/mol. The first-order chi connectivity index (χ1) is 9.67. The van der Waals surface area contributed by atoms with Crippen LogP contribution in [0, 0.1) is 0 Å². The Labute approximate surface area is 125 Å². The van der Waals surface area contributed by atoms with Gasteiger partial charge in [-0.15, -0.1) is 10.2 Å². The van der Waals surface area contributed by atoms with Crippen molar-refractivity contribution < 1.29 is 9.53 Å². The molecule has 0 saturated heterocycles. The third kappa shape index (κ3) is 4.44. The van der Waals surface area contributed by atoms with Gasteiger partial charge in [0.15, 0.2) is 0 Å². The third-order valence-electron chi connectivity index (χ3n) is 2.31. The van der Waals surface area contributed by atoms with Crippen LogP contribution in [-0.4, -0.2) is 29.9 Å². The molecular weight excluding hydrogens is 300 g/mol. The Morgan fingerprint density at radius 1 is 1.30 bits per heavy atom. The number of urea groups is 1. The van der Waals surface area contributed by atoms with Crippen LogP contribution in [-0.2, 0) is 11.2 Å². The van der Waals surface area contributed by atoms with Gasteiger partial charge < -0.3 is 10.1 Å². The van der Waals surface area contributed by atoms with Crippen molar-refractivity contribution in [1.82, 2.24) is 10.2 Å². The molecule has 0 atom stereocenters. The van der Waals surface area contributed by atoms with Gasteiger partial charge in [-0.3, -0.25) is 5.32 Å². The Balaban J connectivity index is 1.87. The van der Waals surface area contributed by atoms with E-state index in [-0.39, 0.29) is 6.03 Å². The zero-order chi connectivity index (χ0) is 14.4. The summed E-state index contributed by atoms with van der Waals surface area (Å²) in [4.78, 5) is 11.7. The molecule has 20 heavy (non-hydrogen) atoms. The van der Waals surface area contributed by atoms with Gasteiger partial charge in [-0.25, -0.2) is 4.79 Å². The zero-order valence-corrected chi connectivity index (χ0v) is 12.3. The number of aromatic nitrogens is 2. The predicted octanol–water partition coefficient (Wildman–Crippen LogP) is 3.02. The SMILES string of the molecule is COCCc1nnc(NC(=O)Nc2ccc(Cl)cc2)s1. The van der Waals surface area contributed by atoms with Gasteiger partial charge in [0.25, 0.3) is 0 Å². The zero-order valence-electron chi connectivity index (χ0n) is 10.7. The van der Waals surface area contributed by atoms with E-state index in [4.69, 9.17) is 16.3 Å². The van der Waals surface area contributed by atoms with Crippen molar-refractivity contribution in [3.8, 4) is 0 Å². The van der Waals surface area contributed by atoms with Gasteiger partial charge in [-0.05, 0) is 24.3 Å². The van der Waals surface area contributed by atoms with Crippen LogP contribution >= 0.6 is 22.9 Å². The Morgan fingerprint density at radius 3 is 2.75 bits per heavy atom. The van der Waals surface area contributed by atoms with Gasteiger partial charge in [0, 0.05) is 24.2 Å². The molecule has 6 nitrogen and oxygen atoms in total. The first-order valence-electron chi connectivity index (χ1n) is 5.82. The van der Waals surface area contributed by atoms with Crippen LogP contribution in [0.25, 0.3) is 0 Å². The summed E-state index contributed by atoms with van der Waals surface area (Å²) in [6.07, 6.45) is 0.675. The molecule has 2 rings (SSSR count). The van der Waals surface area contributed by atoms with E-state index in [1.54, 1.807) is 31.4 Å². The second kappa shape index (κ2) is 7.18. The molecule has 0 aliphatic rings. The Morgan fingerprint density at radius 2 is 2.05 bits per heavy atom. The van der Waals surface area contributed by atoms with Crippen LogP contribution in [0.15, 0.2) is 24.3 Å². The first kappa shape index (κ1) is 14.7. The van der Waals surface area contributed by atoms with E-state index in [1.165, 1.54) is 11.3 Å². The molecule has 0 spiro atoms. The van der Waals surface area contributed by atoms with E-state index in [1.807, 2.05) is 0 Å². The number of anilines is 2. The van der Waals surface area contributed by atoms with Crippen molar-refractivity contribution in [1.29, 1.82) is 0 Å². The summed E-state index contributed by atoms with van der Waals surface area (Å²) >= 11 is 7.09. The molecule has 0 radical (unpaired) electrons. The van der Waals surface area contributed by atoms with Crippen LogP contribution in [0.2, 0.25) is 5.02 Å². The lowest BCUT2D eigenvalue weighted by molar-refractivity contribution is 0.202. The molecule has 0 aliphatic carbocycles. The van der Waals surface area contributed by atoms with Crippen molar-refractivity contribution in [3.63, 3.8) is 0 Å². The molecule has 2 N–H and O–H groups in total. The second-order valence-corrected chi connectivity index (χ2v) is 5.33. The maximum Gasteiger partial charge on any atom is 0.325 e. The van der Waals surface area contributed by atoms with Gasteiger partial charge in [-0.1, -0.05) is 22.9 Å². The molecule has 1 aromatic heterocycles. The van der Waals surface area contributed by atoms with Crippen LogP contribution in [0.5, 0.6) is 0 Å². The van der Waals surface area contributed by atoms with Crippen LogP contribution in [0.1, 0.15) is 5.01 Å². The second-order valence-electron chi connectivity index (χ2n) is 3.83. The standard InChI is InChI=1S/C12H13ClN4O2S/c1-19-7-6-10-16-17-12(20-10)15-11(18)14-9-4-2-8(13)3-5-9/h2-5H,6-7H2,1H3,(H2,14,15,17,18).